The van der Waals surface area contributed by atoms with Gasteiger partial charge < -0.3 is 15.4 Å². The summed E-state index contributed by atoms with van der Waals surface area (Å²) < 4.78 is 5.82. The SMILES string of the molecule is C[C@@]12CCC[C@H]1[C@@H]1C(=O)C(=O)[C@H]3C[C@@H](OC(=O)[C@H]4CNCCN4)CC[C@]3(C)[C@H]1CC2.Cl.Cl. The van der Waals surface area contributed by atoms with Gasteiger partial charge in [-0.05, 0) is 67.6 Å². The van der Waals surface area contributed by atoms with Gasteiger partial charge in [0.1, 0.15) is 12.1 Å². The summed E-state index contributed by atoms with van der Waals surface area (Å²) in [7, 11) is 0. The van der Waals surface area contributed by atoms with Crippen LogP contribution in [0.25, 0.3) is 0 Å². The van der Waals surface area contributed by atoms with Crippen LogP contribution in [0.2, 0.25) is 0 Å². The van der Waals surface area contributed by atoms with Crippen LogP contribution in [0.4, 0.5) is 0 Å². The van der Waals surface area contributed by atoms with E-state index in [1.165, 1.54) is 19.3 Å². The van der Waals surface area contributed by atoms with Crippen molar-refractivity contribution in [3.05, 3.63) is 0 Å². The Kier molecular flexibility index (Phi) is 7.71. The number of Topliss-reactive ketones (excluding diaryl/α,β-unsaturated/α-hetero) is 2. The molecule has 0 bridgehead atoms. The molecule has 4 saturated carbocycles. The lowest BCUT2D eigenvalue weighted by molar-refractivity contribution is -0.175. The van der Waals surface area contributed by atoms with Crippen molar-refractivity contribution < 1.29 is 19.1 Å². The highest BCUT2D eigenvalue weighted by Gasteiger charge is 2.64. The zero-order valence-corrected chi connectivity index (χ0v) is 20.8. The predicted octanol–water partition coefficient (Wildman–Crippen LogP) is 3.09. The molecular formula is C24H38Cl2N2O4. The van der Waals surface area contributed by atoms with Crippen molar-refractivity contribution in [2.45, 2.75) is 77.4 Å². The van der Waals surface area contributed by atoms with E-state index in [2.05, 4.69) is 24.5 Å². The third-order valence-electron chi connectivity index (χ3n) is 9.67. The summed E-state index contributed by atoms with van der Waals surface area (Å²) in [4.78, 5) is 39.2. The molecular weight excluding hydrogens is 451 g/mol. The molecule has 2 N–H and O–H groups in total. The van der Waals surface area contributed by atoms with E-state index in [1.807, 2.05) is 0 Å². The number of ether oxygens (including phenoxy) is 1. The minimum absolute atomic E-state index is 0. The summed E-state index contributed by atoms with van der Waals surface area (Å²) in [6, 6.07) is -0.321. The molecule has 0 aromatic carbocycles. The summed E-state index contributed by atoms with van der Waals surface area (Å²) in [5.74, 6) is -0.186. The number of hydrogen-bond donors (Lipinski definition) is 2. The normalized spacial score (nSPS) is 45.4. The second-order valence-electron chi connectivity index (χ2n) is 11.2. The zero-order chi connectivity index (χ0) is 21.1. The van der Waals surface area contributed by atoms with Gasteiger partial charge >= 0.3 is 5.97 Å². The minimum Gasteiger partial charge on any atom is -0.461 e. The Labute approximate surface area is 203 Å². The Morgan fingerprint density at radius 3 is 2.47 bits per heavy atom. The van der Waals surface area contributed by atoms with Crippen LogP contribution in [-0.2, 0) is 19.1 Å². The van der Waals surface area contributed by atoms with E-state index < -0.39 is 0 Å². The lowest BCUT2D eigenvalue weighted by Crippen LogP contribution is -2.61. The highest BCUT2D eigenvalue weighted by molar-refractivity contribution is 6.39. The largest absolute Gasteiger partial charge is 0.461 e. The van der Waals surface area contributed by atoms with Crippen molar-refractivity contribution in [3.63, 3.8) is 0 Å². The van der Waals surface area contributed by atoms with Gasteiger partial charge in [-0.15, -0.1) is 24.8 Å². The molecule has 8 atom stereocenters. The molecule has 4 aliphatic carbocycles. The monoisotopic (exact) mass is 488 g/mol. The maximum Gasteiger partial charge on any atom is 0.324 e. The molecule has 32 heavy (non-hydrogen) atoms. The topological polar surface area (TPSA) is 84.5 Å². The number of fused-ring (bicyclic) bond motifs is 5. The molecule has 1 heterocycles. The van der Waals surface area contributed by atoms with Crippen LogP contribution in [0, 0.1) is 34.5 Å². The van der Waals surface area contributed by atoms with E-state index in [4.69, 9.17) is 4.74 Å². The van der Waals surface area contributed by atoms with Crippen molar-refractivity contribution in [2.24, 2.45) is 34.5 Å². The van der Waals surface area contributed by atoms with E-state index in [9.17, 15) is 14.4 Å². The molecule has 0 amide bonds. The van der Waals surface area contributed by atoms with Crippen molar-refractivity contribution >= 4 is 42.3 Å². The number of esters is 1. The van der Waals surface area contributed by atoms with Crippen molar-refractivity contribution in [2.75, 3.05) is 19.6 Å². The van der Waals surface area contributed by atoms with Crippen molar-refractivity contribution in [3.8, 4) is 0 Å². The lowest BCUT2D eigenvalue weighted by Gasteiger charge is -2.58. The maximum atomic E-state index is 13.3. The van der Waals surface area contributed by atoms with Crippen LogP contribution in [0.5, 0.6) is 0 Å². The molecule has 1 saturated heterocycles. The molecule has 0 spiro atoms. The highest BCUT2D eigenvalue weighted by Crippen LogP contribution is 2.64. The van der Waals surface area contributed by atoms with Gasteiger partial charge in [-0.3, -0.25) is 14.4 Å². The first kappa shape index (κ1) is 25.9. The molecule has 5 rings (SSSR count). The van der Waals surface area contributed by atoms with Crippen LogP contribution in [0.3, 0.4) is 0 Å². The van der Waals surface area contributed by atoms with Crippen LogP contribution < -0.4 is 10.6 Å². The van der Waals surface area contributed by atoms with Gasteiger partial charge in [0.2, 0.25) is 11.6 Å². The number of hydrogen-bond acceptors (Lipinski definition) is 6. The summed E-state index contributed by atoms with van der Waals surface area (Å²) in [6.07, 6.45) is 7.65. The Morgan fingerprint density at radius 1 is 0.969 bits per heavy atom. The van der Waals surface area contributed by atoms with E-state index in [0.29, 0.717) is 24.8 Å². The lowest BCUT2D eigenvalue weighted by atomic mass is 9.44. The Balaban J connectivity index is 0.00000144. The fourth-order valence-electron chi connectivity index (χ4n) is 7.89. The summed E-state index contributed by atoms with van der Waals surface area (Å²) in [5, 5.41) is 6.40. The van der Waals surface area contributed by atoms with Crippen LogP contribution in [0.1, 0.15) is 65.2 Å². The molecule has 6 nitrogen and oxygen atoms in total. The number of halogens is 2. The molecule has 182 valence electrons. The number of carbonyl (C=O) groups excluding carboxylic acids is 3. The van der Waals surface area contributed by atoms with Crippen LogP contribution >= 0.6 is 24.8 Å². The fraction of sp³-hybridized carbons (Fsp3) is 0.875. The molecule has 0 unspecified atom stereocenters. The molecule has 0 radical (unpaired) electrons. The molecule has 8 heteroatoms. The Hall–Kier alpha value is -0.690. The number of ketones is 2. The van der Waals surface area contributed by atoms with E-state index >= 15 is 0 Å². The van der Waals surface area contributed by atoms with Gasteiger partial charge in [0.15, 0.2) is 0 Å². The zero-order valence-electron chi connectivity index (χ0n) is 19.2. The summed E-state index contributed by atoms with van der Waals surface area (Å²) >= 11 is 0. The molecule has 1 aliphatic heterocycles. The van der Waals surface area contributed by atoms with Gasteiger partial charge in [-0.1, -0.05) is 20.3 Å². The highest BCUT2D eigenvalue weighted by atomic mass is 35.5. The van der Waals surface area contributed by atoms with Crippen LogP contribution in [-0.4, -0.2) is 49.3 Å². The molecule has 5 fully saturated rings. The third kappa shape index (κ3) is 4.03. The maximum absolute atomic E-state index is 13.3. The van der Waals surface area contributed by atoms with Gasteiger partial charge in [-0.25, -0.2) is 0 Å². The first-order valence-corrected chi connectivity index (χ1v) is 12.1. The second-order valence-corrected chi connectivity index (χ2v) is 11.2. The first-order valence-electron chi connectivity index (χ1n) is 12.1. The molecule has 0 aromatic heterocycles. The summed E-state index contributed by atoms with van der Waals surface area (Å²) in [6.45, 7) is 6.78. The van der Waals surface area contributed by atoms with Crippen molar-refractivity contribution in [1.29, 1.82) is 0 Å². The molecule has 5 aliphatic rings. The van der Waals surface area contributed by atoms with Crippen molar-refractivity contribution in [1.82, 2.24) is 10.6 Å². The first-order chi connectivity index (χ1) is 14.3. The third-order valence-corrected chi connectivity index (χ3v) is 9.67. The second kappa shape index (κ2) is 9.52. The fourth-order valence-corrected chi connectivity index (χ4v) is 7.89. The van der Waals surface area contributed by atoms with Gasteiger partial charge in [0, 0.05) is 31.5 Å². The number of nitrogens with one attached hydrogen (secondary N) is 2. The van der Waals surface area contributed by atoms with E-state index in [0.717, 1.165) is 38.8 Å². The van der Waals surface area contributed by atoms with Gasteiger partial charge in [-0.2, -0.15) is 0 Å². The average Bonchev–Trinajstić information content (AvgIpc) is 3.15. The quantitative estimate of drug-likeness (QED) is 0.458. The number of piperazine rings is 1. The average molecular weight is 489 g/mol. The van der Waals surface area contributed by atoms with Gasteiger partial charge in [0.25, 0.3) is 0 Å². The van der Waals surface area contributed by atoms with Crippen LogP contribution in [0.15, 0.2) is 0 Å². The Morgan fingerprint density at radius 2 is 1.75 bits per heavy atom. The smallest absolute Gasteiger partial charge is 0.324 e. The molecule has 0 aromatic rings. The van der Waals surface area contributed by atoms with E-state index in [-0.39, 0.29) is 77.2 Å². The standard InChI is InChI=1S/C24H36N2O4.2ClH/c1-23-7-3-4-15(23)19-16(6-8-23)24(2)9-5-14(12-17(24)20(27)21(19)28)30-22(29)18-13-25-10-11-26-18;;/h14-19,25-26H,3-13H2,1-2H3;2*1H/t14-,15-,16-,17+,18+,19-,23-,24+;;/m0../s1. The van der Waals surface area contributed by atoms with Gasteiger partial charge in [0.05, 0.1) is 0 Å². The predicted molar refractivity (Wildman–Crippen MR) is 126 cm³/mol. The minimum atomic E-state index is -0.321. The Bertz CT molecular complexity index is 758. The van der Waals surface area contributed by atoms with E-state index in [1.54, 1.807) is 0 Å². The summed E-state index contributed by atoms with van der Waals surface area (Å²) in [5.41, 5.74) is 0.112. The number of rotatable bonds is 2. The number of carbonyl (C=O) groups is 3.